The van der Waals surface area contributed by atoms with Gasteiger partial charge in [0, 0.05) is 18.1 Å². The highest BCUT2D eigenvalue weighted by Crippen LogP contribution is 2.24. The molecule has 0 unspecified atom stereocenters. The van der Waals surface area contributed by atoms with Crippen LogP contribution in [-0.4, -0.2) is 16.8 Å². The molecule has 122 valence electrons. The second-order valence-electron chi connectivity index (χ2n) is 5.34. The largest absolute Gasteiger partial charge is 0.368 e. The molecule has 0 fully saturated rings. The van der Waals surface area contributed by atoms with Crippen LogP contribution in [0, 0.1) is 0 Å². The first-order chi connectivity index (χ1) is 11.6. The standard InChI is InChI=1S/C18H15BrClN3O/c1-22(12-13-7-5-6-10-15(13)19)16-11-21-23(18(24)17(16)20)14-8-3-2-4-9-14/h2-11H,12H2,1H3. The third-order valence-corrected chi connectivity index (χ3v) is 4.81. The van der Waals surface area contributed by atoms with Crippen LogP contribution in [0.4, 0.5) is 5.69 Å². The average molecular weight is 405 g/mol. The first-order valence-corrected chi connectivity index (χ1v) is 8.53. The quantitative estimate of drug-likeness (QED) is 0.651. The number of aromatic nitrogens is 2. The van der Waals surface area contributed by atoms with E-state index < -0.39 is 0 Å². The van der Waals surface area contributed by atoms with Crippen molar-refractivity contribution < 1.29 is 0 Å². The number of anilines is 1. The maximum Gasteiger partial charge on any atom is 0.292 e. The fourth-order valence-corrected chi connectivity index (χ4v) is 3.09. The Morgan fingerprint density at radius 1 is 1.12 bits per heavy atom. The van der Waals surface area contributed by atoms with Gasteiger partial charge in [-0.25, -0.2) is 0 Å². The molecule has 0 amide bonds. The first-order valence-electron chi connectivity index (χ1n) is 7.35. The van der Waals surface area contributed by atoms with Crippen LogP contribution in [-0.2, 0) is 6.54 Å². The van der Waals surface area contributed by atoms with Gasteiger partial charge >= 0.3 is 0 Å². The smallest absolute Gasteiger partial charge is 0.292 e. The fourth-order valence-electron chi connectivity index (χ4n) is 2.41. The molecule has 0 saturated heterocycles. The topological polar surface area (TPSA) is 38.1 Å². The van der Waals surface area contributed by atoms with E-state index in [0.717, 1.165) is 10.0 Å². The molecule has 3 aromatic rings. The van der Waals surface area contributed by atoms with Gasteiger partial charge in [0.05, 0.1) is 17.6 Å². The zero-order valence-corrected chi connectivity index (χ0v) is 15.3. The van der Waals surface area contributed by atoms with Crippen LogP contribution in [0.5, 0.6) is 0 Å². The van der Waals surface area contributed by atoms with Crippen molar-refractivity contribution in [1.82, 2.24) is 9.78 Å². The zero-order valence-electron chi connectivity index (χ0n) is 13.0. The highest BCUT2D eigenvalue weighted by Gasteiger charge is 2.14. The summed E-state index contributed by atoms with van der Waals surface area (Å²) in [5.41, 5.74) is 2.05. The molecule has 2 aromatic carbocycles. The Kier molecular flexibility index (Phi) is 5.02. The molecule has 0 radical (unpaired) electrons. The van der Waals surface area contributed by atoms with E-state index in [9.17, 15) is 4.79 Å². The van der Waals surface area contributed by atoms with Crippen LogP contribution in [0.1, 0.15) is 5.56 Å². The van der Waals surface area contributed by atoms with Crippen molar-refractivity contribution in [1.29, 1.82) is 0 Å². The highest BCUT2D eigenvalue weighted by atomic mass is 79.9. The Morgan fingerprint density at radius 2 is 1.79 bits per heavy atom. The second-order valence-corrected chi connectivity index (χ2v) is 6.58. The van der Waals surface area contributed by atoms with Crippen LogP contribution in [0.15, 0.2) is 70.1 Å². The van der Waals surface area contributed by atoms with E-state index in [-0.39, 0.29) is 10.6 Å². The van der Waals surface area contributed by atoms with E-state index in [4.69, 9.17) is 11.6 Å². The first kappa shape index (κ1) is 16.7. The Balaban J connectivity index is 1.94. The normalized spacial score (nSPS) is 10.6. The SMILES string of the molecule is CN(Cc1ccccc1Br)c1cnn(-c2ccccc2)c(=O)c1Cl. The summed E-state index contributed by atoms with van der Waals surface area (Å²) < 4.78 is 2.32. The Bertz CT molecular complexity index is 912. The Labute approximate surface area is 153 Å². The predicted molar refractivity (Wildman–Crippen MR) is 101 cm³/mol. The molecule has 0 bridgehead atoms. The van der Waals surface area contributed by atoms with Crippen LogP contribution in [0.25, 0.3) is 5.69 Å². The lowest BCUT2D eigenvalue weighted by molar-refractivity contribution is 0.794. The lowest BCUT2D eigenvalue weighted by atomic mass is 10.2. The van der Waals surface area contributed by atoms with Gasteiger partial charge in [0.15, 0.2) is 0 Å². The number of benzene rings is 2. The summed E-state index contributed by atoms with van der Waals surface area (Å²) >= 11 is 9.85. The number of para-hydroxylation sites is 1. The van der Waals surface area contributed by atoms with Gasteiger partial charge < -0.3 is 4.90 Å². The van der Waals surface area contributed by atoms with Crippen molar-refractivity contribution in [2.24, 2.45) is 0 Å². The Morgan fingerprint density at radius 3 is 2.50 bits per heavy atom. The summed E-state index contributed by atoms with van der Waals surface area (Å²) in [5, 5.41) is 4.42. The van der Waals surface area contributed by atoms with Gasteiger partial charge in [-0.2, -0.15) is 9.78 Å². The lowest BCUT2D eigenvalue weighted by Gasteiger charge is -2.21. The summed E-state index contributed by atoms with van der Waals surface area (Å²) in [5.74, 6) is 0. The molecular weight excluding hydrogens is 390 g/mol. The number of nitrogens with zero attached hydrogens (tertiary/aromatic N) is 3. The summed E-state index contributed by atoms with van der Waals surface area (Å²) in [7, 11) is 1.88. The summed E-state index contributed by atoms with van der Waals surface area (Å²) in [6.45, 7) is 0.609. The van der Waals surface area contributed by atoms with Gasteiger partial charge in [-0.1, -0.05) is 63.9 Å². The maximum atomic E-state index is 12.5. The highest BCUT2D eigenvalue weighted by molar-refractivity contribution is 9.10. The van der Waals surface area contributed by atoms with Crippen LogP contribution < -0.4 is 10.5 Å². The number of rotatable bonds is 4. The maximum absolute atomic E-state index is 12.5. The van der Waals surface area contributed by atoms with Crippen molar-refractivity contribution in [3.8, 4) is 5.69 Å². The number of hydrogen-bond donors (Lipinski definition) is 0. The van der Waals surface area contributed by atoms with Crippen LogP contribution >= 0.6 is 27.5 Å². The minimum absolute atomic E-state index is 0.156. The Hall–Kier alpha value is -2.11. The number of hydrogen-bond acceptors (Lipinski definition) is 3. The van der Waals surface area contributed by atoms with Crippen molar-refractivity contribution in [2.45, 2.75) is 6.54 Å². The molecule has 1 aromatic heterocycles. The molecule has 24 heavy (non-hydrogen) atoms. The zero-order chi connectivity index (χ0) is 17.1. The van der Waals surface area contributed by atoms with Gasteiger partial charge in [0.25, 0.3) is 5.56 Å². The average Bonchev–Trinajstić information content (AvgIpc) is 2.60. The molecule has 1 heterocycles. The molecule has 0 spiro atoms. The van der Waals surface area contributed by atoms with E-state index in [1.165, 1.54) is 4.68 Å². The van der Waals surface area contributed by atoms with Gasteiger partial charge in [0.2, 0.25) is 0 Å². The monoisotopic (exact) mass is 403 g/mol. The summed E-state index contributed by atoms with van der Waals surface area (Å²) in [6, 6.07) is 17.2. The summed E-state index contributed by atoms with van der Waals surface area (Å²) in [4.78, 5) is 14.5. The second kappa shape index (κ2) is 7.20. The van der Waals surface area contributed by atoms with Gasteiger partial charge in [-0.15, -0.1) is 0 Å². The molecular formula is C18H15BrClN3O. The van der Waals surface area contributed by atoms with E-state index in [1.807, 2.05) is 66.5 Å². The minimum Gasteiger partial charge on any atom is -0.368 e. The van der Waals surface area contributed by atoms with Crippen LogP contribution in [0.3, 0.4) is 0 Å². The third-order valence-electron chi connectivity index (χ3n) is 3.68. The predicted octanol–water partition coefficient (Wildman–Crippen LogP) is 4.28. The third kappa shape index (κ3) is 3.37. The molecule has 0 atom stereocenters. The van der Waals surface area contributed by atoms with E-state index in [1.54, 1.807) is 6.20 Å². The van der Waals surface area contributed by atoms with Gasteiger partial charge in [-0.3, -0.25) is 4.79 Å². The fraction of sp³-hybridized carbons (Fsp3) is 0.111. The van der Waals surface area contributed by atoms with Crippen molar-refractivity contribution in [2.75, 3.05) is 11.9 Å². The van der Waals surface area contributed by atoms with E-state index >= 15 is 0 Å². The molecule has 0 aliphatic carbocycles. The van der Waals surface area contributed by atoms with E-state index in [0.29, 0.717) is 17.9 Å². The molecule has 4 nitrogen and oxygen atoms in total. The van der Waals surface area contributed by atoms with Crippen molar-refractivity contribution in [3.05, 3.63) is 86.2 Å². The molecule has 0 aliphatic heterocycles. The number of halogens is 2. The minimum atomic E-state index is -0.334. The summed E-state index contributed by atoms with van der Waals surface area (Å²) in [6.07, 6.45) is 1.62. The lowest BCUT2D eigenvalue weighted by Crippen LogP contribution is -2.26. The molecule has 0 aliphatic rings. The molecule has 0 N–H and O–H groups in total. The van der Waals surface area contributed by atoms with Crippen LogP contribution in [0.2, 0.25) is 5.02 Å². The van der Waals surface area contributed by atoms with Gasteiger partial charge in [0.1, 0.15) is 5.02 Å². The van der Waals surface area contributed by atoms with E-state index in [2.05, 4.69) is 21.0 Å². The van der Waals surface area contributed by atoms with Crippen molar-refractivity contribution in [3.63, 3.8) is 0 Å². The molecule has 6 heteroatoms. The molecule has 3 rings (SSSR count). The molecule has 0 saturated carbocycles. The van der Waals surface area contributed by atoms with Gasteiger partial charge in [-0.05, 0) is 23.8 Å². The van der Waals surface area contributed by atoms with Crippen molar-refractivity contribution >= 4 is 33.2 Å².